The second-order valence-electron chi connectivity index (χ2n) is 7.76. The number of aliphatic hydroxyl groups excluding tert-OH is 1. The summed E-state index contributed by atoms with van der Waals surface area (Å²) >= 11 is 1.44. The Kier molecular flexibility index (Phi) is 6.58. The standard InChI is InChI=1S/C18H26N4O7S/c1-7-13-12(8(2)23)16(25)22(13)14(17(26)27)15(7)30-10-3-9(20-5-10)4-21-11(24)6-29-18(19)28/h7-10,12-13,20,23H,3-6H2,1-2H3,(H2,19,28)(H,21,24)(H,26,27)/t7-,8-,9+,10+,12-,13-/m1/s1. The predicted molar refractivity (Wildman–Crippen MR) is 106 cm³/mol. The first-order chi connectivity index (χ1) is 14.1. The zero-order valence-corrected chi connectivity index (χ0v) is 17.5. The Balaban J connectivity index is 1.58. The zero-order valence-electron chi connectivity index (χ0n) is 16.7. The molecule has 0 aromatic rings. The Morgan fingerprint density at radius 3 is 2.73 bits per heavy atom. The van der Waals surface area contributed by atoms with Crippen LogP contribution in [0.1, 0.15) is 20.3 Å². The molecule has 0 unspecified atom stereocenters. The number of nitrogens with one attached hydrogen (secondary N) is 2. The fourth-order valence-electron chi connectivity index (χ4n) is 4.31. The normalized spacial score (nSPS) is 31.2. The molecule has 3 aliphatic rings. The molecule has 166 valence electrons. The van der Waals surface area contributed by atoms with E-state index in [1.807, 2.05) is 6.92 Å². The van der Waals surface area contributed by atoms with Crippen LogP contribution in [0.25, 0.3) is 0 Å². The van der Waals surface area contributed by atoms with E-state index in [2.05, 4.69) is 15.4 Å². The highest BCUT2D eigenvalue weighted by Crippen LogP contribution is 2.51. The molecule has 2 fully saturated rings. The Morgan fingerprint density at radius 2 is 2.13 bits per heavy atom. The van der Waals surface area contributed by atoms with Gasteiger partial charge in [-0.2, -0.15) is 0 Å². The van der Waals surface area contributed by atoms with Crippen molar-refractivity contribution in [1.29, 1.82) is 0 Å². The fraction of sp³-hybridized carbons (Fsp3) is 0.667. The number of carbonyl (C=O) groups is 4. The number of carboxylic acid groups (broad SMARTS) is 1. The van der Waals surface area contributed by atoms with Gasteiger partial charge in [0.05, 0.1) is 18.1 Å². The van der Waals surface area contributed by atoms with Gasteiger partial charge in [-0.1, -0.05) is 6.92 Å². The quantitative estimate of drug-likeness (QED) is 0.290. The predicted octanol–water partition coefficient (Wildman–Crippen LogP) is -1.18. The van der Waals surface area contributed by atoms with E-state index < -0.39 is 36.6 Å². The van der Waals surface area contributed by atoms with Crippen LogP contribution < -0.4 is 16.4 Å². The van der Waals surface area contributed by atoms with Crippen molar-refractivity contribution in [1.82, 2.24) is 15.5 Å². The summed E-state index contributed by atoms with van der Waals surface area (Å²) < 4.78 is 4.43. The maximum atomic E-state index is 12.4. The molecule has 0 aromatic carbocycles. The van der Waals surface area contributed by atoms with Crippen molar-refractivity contribution in [3.05, 3.63) is 10.6 Å². The van der Waals surface area contributed by atoms with Gasteiger partial charge < -0.3 is 36.2 Å². The number of hydrogen-bond donors (Lipinski definition) is 5. The molecule has 6 atom stereocenters. The summed E-state index contributed by atoms with van der Waals surface area (Å²) in [5, 5.41) is 25.6. The topological polar surface area (TPSA) is 171 Å². The number of nitrogens with two attached hydrogens (primary N) is 1. The maximum absolute atomic E-state index is 12.4. The van der Waals surface area contributed by atoms with Gasteiger partial charge in [-0.3, -0.25) is 9.59 Å². The lowest BCUT2D eigenvalue weighted by Gasteiger charge is -2.46. The molecule has 0 radical (unpaired) electrons. The Bertz CT molecular complexity index is 786. The number of primary amides is 1. The number of carbonyl (C=O) groups excluding carboxylic acids is 3. The first-order valence-corrected chi connectivity index (χ1v) is 10.6. The molecule has 0 aromatic heterocycles. The van der Waals surface area contributed by atoms with Crippen LogP contribution in [0.15, 0.2) is 10.6 Å². The summed E-state index contributed by atoms with van der Waals surface area (Å²) in [6.07, 6.45) is -1.17. The van der Waals surface area contributed by atoms with E-state index >= 15 is 0 Å². The molecule has 11 nitrogen and oxygen atoms in total. The molecule has 0 aliphatic carbocycles. The smallest absolute Gasteiger partial charge is 0.405 e. The summed E-state index contributed by atoms with van der Waals surface area (Å²) in [4.78, 5) is 48.3. The molecule has 0 saturated carbocycles. The average Bonchev–Trinajstić information content (AvgIpc) is 3.20. The summed E-state index contributed by atoms with van der Waals surface area (Å²) in [6, 6.07) is -0.352. The minimum Gasteiger partial charge on any atom is -0.477 e. The SMILES string of the molecule is C[C@@H](O)[C@H]1C(=O)N2C(C(=O)O)=C(S[C@@H]3CN[C@H](CNC(=O)COC(N)=O)C3)[C@H](C)[C@H]12. The number of fused-ring (bicyclic) bond motifs is 1. The summed E-state index contributed by atoms with van der Waals surface area (Å²) in [7, 11) is 0. The van der Waals surface area contributed by atoms with Crippen LogP contribution in [0.2, 0.25) is 0 Å². The van der Waals surface area contributed by atoms with Gasteiger partial charge in [0.15, 0.2) is 6.61 Å². The lowest BCUT2D eigenvalue weighted by Crippen LogP contribution is -2.63. The fourth-order valence-corrected chi connectivity index (χ4v) is 5.83. The molecule has 3 amide bonds. The Hall–Kier alpha value is -2.31. The summed E-state index contributed by atoms with van der Waals surface area (Å²) in [5.74, 6) is -2.71. The third-order valence-corrected chi connectivity index (χ3v) is 7.19. The summed E-state index contributed by atoms with van der Waals surface area (Å²) in [5.41, 5.74) is 4.83. The van der Waals surface area contributed by atoms with Gasteiger partial charge in [0.1, 0.15) is 5.70 Å². The van der Waals surface area contributed by atoms with Gasteiger partial charge in [0.25, 0.3) is 5.91 Å². The van der Waals surface area contributed by atoms with Crippen LogP contribution in [0.5, 0.6) is 0 Å². The molecular formula is C18H26N4O7S. The molecule has 12 heteroatoms. The lowest BCUT2D eigenvalue weighted by atomic mass is 9.79. The minimum atomic E-state index is -1.14. The molecule has 0 spiro atoms. The van der Waals surface area contributed by atoms with E-state index in [9.17, 15) is 29.4 Å². The summed E-state index contributed by atoms with van der Waals surface area (Å²) in [6.45, 7) is 3.94. The van der Waals surface area contributed by atoms with E-state index in [0.717, 1.165) is 0 Å². The minimum absolute atomic E-state index is 0.0137. The van der Waals surface area contributed by atoms with Crippen molar-refractivity contribution in [3.63, 3.8) is 0 Å². The Morgan fingerprint density at radius 1 is 1.43 bits per heavy atom. The second kappa shape index (κ2) is 8.82. The van der Waals surface area contributed by atoms with Crippen molar-refractivity contribution in [2.45, 2.75) is 43.7 Å². The zero-order chi connectivity index (χ0) is 22.2. The average molecular weight is 442 g/mol. The molecule has 6 N–H and O–H groups in total. The largest absolute Gasteiger partial charge is 0.477 e. The van der Waals surface area contributed by atoms with Crippen LogP contribution >= 0.6 is 11.8 Å². The number of hydrogen-bond acceptors (Lipinski definition) is 8. The van der Waals surface area contributed by atoms with Crippen LogP contribution in [0.3, 0.4) is 0 Å². The van der Waals surface area contributed by atoms with Gasteiger partial charge in [-0.05, 0) is 13.3 Å². The maximum Gasteiger partial charge on any atom is 0.405 e. The van der Waals surface area contributed by atoms with Gasteiger partial charge >= 0.3 is 12.1 Å². The van der Waals surface area contributed by atoms with Crippen LogP contribution in [0, 0.1) is 11.8 Å². The number of nitrogens with zero attached hydrogens (tertiary/aromatic N) is 1. The van der Waals surface area contributed by atoms with Crippen LogP contribution in [0.4, 0.5) is 4.79 Å². The molecule has 0 bridgehead atoms. The van der Waals surface area contributed by atoms with E-state index in [4.69, 9.17) is 5.73 Å². The first-order valence-electron chi connectivity index (χ1n) is 9.69. The van der Waals surface area contributed by atoms with Gasteiger partial charge in [0.2, 0.25) is 5.91 Å². The van der Waals surface area contributed by atoms with Crippen molar-refractivity contribution >= 4 is 35.6 Å². The molecule has 3 rings (SSSR count). The molecule has 30 heavy (non-hydrogen) atoms. The highest BCUT2D eigenvalue weighted by molar-refractivity contribution is 8.03. The number of aliphatic carboxylic acids is 1. The van der Waals surface area contributed by atoms with E-state index in [0.29, 0.717) is 24.4 Å². The van der Waals surface area contributed by atoms with Crippen molar-refractivity contribution in [2.75, 3.05) is 19.7 Å². The highest BCUT2D eigenvalue weighted by Gasteiger charge is 2.60. The van der Waals surface area contributed by atoms with Gasteiger partial charge in [-0.15, -0.1) is 11.8 Å². The van der Waals surface area contributed by atoms with Crippen molar-refractivity contribution in [2.24, 2.45) is 17.6 Å². The Labute approximate surface area is 177 Å². The van der Waals surface area contributed by atoms with Crippen LogP contribution in [-0.2, 0) is 19.1 Å². The molecule has 3 heterocycles. The van der Waals surface area contributed by atoms with Crippen molar-refractivity contribution in [3.8, 4) is 0 Å². The number of β-lactam (4-membered cyclic amide) rings is 1. The molecule has 2 saturated heterocycles. The van der Waals surface area contributed by atoms with Crippen LogP contribution in [-0.4, -0.2) is 82.1 Å². The van der Waals surface area contributed by atoms with E-state index in [-0.39, 0.29) is 34.9 Å². The number of carboxylic acids is 1. The number of rotatable bonds is 8. The van der Waals surface area contributed by atoms with E-state index in [1.165, 1.54) is 16.7 Å². The highest BCUT2D eigenvalue weighted by atomic mass is 32.2. The third kappa shape index (κ3) is 4.25. The molecular weight excluding hydrogens is 416 g/mol. The van der Waals surface area contributed by atoms with E-state index in [1.54, 1.807) is 6.92 Å². The second-order valence-corrected chi connectivity index (χ2v) is 9.11. The van der Waals surface area contributed by atoms with Crippen molar-refractivity contribution < 1.29 is 34.1 Å². The lowest BCUT2D eigenvalue weighted by molar-refractivity contribution is -0.163. The van der Waals surface area contributed by atoms with Gasteiger partial charge in [-0.25, -0.2) is 9.59 Å². The third-order valence-electron chi connectivity index (χ3n) is 5.68. The number of thioether (sulfide) groups is 1. The van der Waals surface area contributed by atoms with Gasteiger partial charge in [0, 0.05) is 35.2 Å². The number of ether oxygens (including phenoxy) is 1. The number of aliphatic hydroxyl groups is 1. The molecule has 3 aliphatic heterocycles. The monoisotopic (exact) mass is 442 g/mol. The number of amides is 3. The first kappa shape index (κ1) is 22.4.